The largest absolute Gasteiger partial charge is 0.492 e. The minimum absolute atomic E-state index is 0.120. The zero-order valence-electron chi connectivity index (χ0n) is 24.9. The van der Waals surface area contributed by atoms with Gasteiger partial charge in [0, 0.05) is 29.0 Å². The maximum Gasteiger partial charge on any atom is 0.227 e. The van der Waals surface area contributed by atoms with Gasteiger partial charge in [-0.15, -0.1) is 0 Å². The number of nitrogens with one attached hydrogen (secondary N) is 2. The summed E-state index contributed by atoms with van der Waals surface area (Å²) in [6.07, 6.45) is 1.67. The molecule has 0 unspecified atom stereocenters. The molecule has 12 heteroatoms. The van der Waals surface area contributed by atoms with Gasteiger partial charge in [0.25, 0.3) is 0 Å². The van der Waals surface area contributed by atoms with Gasteiger partial charge in [0.05, 0.1) is 39.3 Å². The molecule has 0 aliphatic heterocycles. The van der Waals surface area contributed by atoms with Gasteiger partial charge in [0.15, 0.2) is 0 Å². The number of ether oxygens (including phenoxy) is 2. The molecule has 5 aromatic rings. The molecular formula is C33H33Cl3N6O3. The van der Waals surface area contributed by atoms with Crippen molar-refractivity contribution in [1.82, 2.24) is 24.8 Å². The van der Waals surface area contributed by atoms with E-state index in [9.17, 15) is 0 Å². The zero-order chi connectivity index (χ0) is 31.8. The molecule has 0 atom stereocenters. The summed E-state index contributed by atoms with van der Waals surface area (Å²) in [5, 5.41) is 13.6. The molecule has 2 aromatic heterocycles. The van der Waals surface area contributed by atoms with Crippen LogP contribution in [-0.2, 0) is 0 Å². The van der Waals surface area contributed by atoms with Crippen LogP contribution in [-0.4, -0.2) is 69.4 Å². The molecular weight excluding hydrogens is 635 g/mol. The predicted molar refractivity (Wildman–Crippen MR) is 181 cm³/mol. The molecule has 0 bridgehead atoms. The highest BCUT2D eigenvalue weighted by atomic mass is 35.5. The third-order valence-corrected chi connectivity index (χ3v) is 7.84. The van der Waals surface area contributed by atoms with Crippen LogP contribution in [0.1, 0.15) is 13.8 Å². The molecule has 0 radical (unpaired) electrons. The molecule has 3 aromatic carbocycles. The van der Waals surface area contributed by atoms with Crippen molar-refractivity contribution in [2.24, 2.45) is 0 Å². The summed E-state index contributed by atoms with van der Waals surface area (Å²) in [7, 11) is 0. The topological polar surface area (TPSA) is 108 Å². The van der Waals surface area contributed by atoms with Crippen molar-refractivity contribution in [2.75, 3.05) is 44.8 Å². The number of aromatic amines is 1. The van der Waals surface area contributed by atoms with Crippen LogP contribution >= 0.6 is 34.8 Å². The number of benzene rings is 3. The normalized spacial score (nSPS) is 11.2. The molecule has 9 nitrogen and oxygen atoms in total. The Bertz CT molecular complexity index is 1700. The van der Waals surface area contributed by atoms with Crippen molar-refractivity contribution < 1.29 is 14.6 Å². The van der Waals surface area contributed by atoms with E-state index in [0.717, 1.165) is 36.6 Å². The second-order valence-electron chi connectivity index (χ2n) is 9.94. The fourth-order valence-electron chi connectivity index (χ4n) is 4.70. The second-order valence-corrected chi connectivity index (χ2v) is 11.2. The number of imidazole rings is 1. The summed E-state index contributed by atoms with van der Waals surface area (Å²) >= 11 is 19.7. The third kappa shape index (κ3) is 8.25. The molecule has 0 aliphatic carbocycles. The highest BCUT2D eigenvalue weighted by molar-refractivity contribution is 6.39. The lowest BCUT2D eigenvalue weighted by molar-refractivity contribution is 0.201. The third-order valence-electron chi connectivity index (χ3n) is 7.01. The van der Waals surface area contributed by atoms with E-state index in [0.29, 0.717) is 61.8 Å². The van der Waals surface area contributed by atoms with Crippen LogP contribution in [0.5, 0.6) is 11.5 Å². The van der Waals surface area contributed by atoms with Gasteiger partial charge in [-0.25, -0.2) is 15.0 Å². The highest BCUT2D eigenvalue weighted by Crippen LogP contribution is 2.40. The smallest absolute Gasteiger partial charge is 0.227 e. The average molecular weight is 668 g/mol. The summed E-state index contributed by atoms with van der Waals surface area (Å²) in [5.41, 5.74) is 3.91. The molecule has 0 aliphatic rings. The number of anilines is 2. The predicted octanol–water partition coefficient (Wildman–Crippen LogP) is 8.00. The Labute approximate surface area is 277 Å². The Morgan fingerprint density at radius 1 is 0.867 bits per heavy atom. The Balaban J connectivity index is 1.43. The number of aromatic nitrogens is 4. The molecule has 0 saturated carbocycles. The van der Waals surface area contributed by atoms with Crippen molar-refractivity contribution >= 4 is 46.4 Å². The lowest BCUT2D eigenvalue weighted by Crippen LogP contribution is -2.27. The number of aliphatic hydroxyl groups excluding tert-OH is 1. The molecule has 45 heavy (non-hydrogen) atoms. The Morgan fingerprint density at radius 3 is 2.29 bits per heavy atom. The minimum atomic E-state index is -0.131. The molecule has 5 rings (SSSR count). The fraction of sp³-hybridized carbons (Fsp3) is 0.242. The first-order valence-electron chi connectivity index (χ1n) is 14.5. The van der Waals surface area contributed by atoms with E-state index >= 15 is 0 Å². The van der Waals surface area contributed by atoms with Crippen LogP contribution < -0.4 is 14.8 Å². The summed E-state index contributed by atoms with van der Waals surface area (Å²) in [4.78, 5) is 19.8. The van der Waals surface area contributed by atoms with Gasteiger partial charge in [0.2, 0.25) is 5.95 Å². The van der Waals surface area contributed by atoms with Crippen LogP contribution in [0.25, 0.3) is 34.0 Å². The fourth-order valence-corrected chi connectivity index (χ4v) is 5.54. The molecule has 0 fully saturated rings. The van der Waals surface area contributed by atoms with E-state index in [4.69, 9.17) is 59.4 Å². The van der Waals surface area contributed by atoms with Crippen LogP contribution in [0.3, 0.4) is 0 Å². The van der Waals surface area contributed by atoms with E-state index in [1.165, 1.54) is 0 Å². The maximum atomic E-state index is 9.10. The number of nitrogens with zero attached hydrogens (tertiary/aromatic N) is 4. The number of H-pyrrole nitrogens is 1. The van der Waals surface area contributed by atoms with Crippen molar-refractivity contribution in [3.05, 3.63) is 88.0 Å². The summed E-state index contributed by atoms with van der Waals surface area (Å²) < 4.78 is 11.4. The van der Waals surface area contributed by atoms with Crippen molar-refractivity contribution in [1.29, 1.82) is 0 Å². The first-order chi connectivity index (χ1) is 21.9. The summed E-state index contributed by atoms with van der Waals surface area (Å²) in [6, 6.07) is 20.1. The Kier molecular flexibility index (Phi) is 11.2. The molecule has 0 amide bonds. The van der Waals surface area contributed by atoms with Gasteiger partial charge in [-0.3, -0.25) is 0 Å². The van der Waals surface area contributed by atoms with Gasteiger partial charge in [0.1, 0.15) is 30.5 Å². The van der Waals surface area contributed by atoms with Gasteiger partial charge in [-0.1, -0.05) is 60.8 Å². The maximum absolute atomic E-state index is 9.10. The second kappa shape index (κ2) is 15.4. The van der Waals surface area contributed by atoms with Crippen LogP contribution in [0, 0.1) is 0 Å². The van der Waals surface area contributed by atoms with Crippen LogP contribution in [0.15, 0.2) is 72.9 Å². The lowest BCUT2D eigenvalue weighted by atomic mass is 10.1. The highest BCUT2D eigenvalue weighted by Gasteiger charge is 2.21. The number of hydrogen-bond donors (Lipinski definition) is 3. The van der Waals surface area contributed by atoms with Gasteiger partial charge in [-0.2, -0.15) is 0 Å². The first kappa shape index (κ1) is 32.5. The first-order valence-corrected chi connectivity index (χ1v) is 15.7. The van der Waals surface area contributed by atoms with Gasteiger partial charge >= 0.3 is 0 Å². The van der Waals surface area contributed by atoms with Crippen LogP contribution in [0.4, 0.5) is 11.6 Å². The number of aliphatic hydroxyl groups is 1. The van der Waals surface area contributed by atoms with E-state index in [-0.39, 0.29) is 13.2 Å². The van der Waals surface area contributed by atoms with Crippen molar-refractivity contribution in [2.45, 2.75) is 13.8 Å². The van der Waals surface area contributed by atoms with E-state index in [2.05, 4.69) is 34.0 Å². The average Bonchev–Trinajstić information content (AvgIpc) is 3.48. The minimum Gasteiger partial charge on any atom is -0.492 e. The quantitative estimate of drug-likeness (QED) is 0.109. The van der Waals surface area contributed by atoms with Gasteiger partial charge in [-0.05, 0) is 67.7 Å². The number of halogens is 3. The van der Waals surface area contributed by atoms with E-state index in [1.54, 1.807) is 30.5 Å². The van der Waals surface area contributed by atoms with Crippen molar-refractivity contribution in [3.63, 3.8) is 0 Å². The molecule has 2 heterocycles. The number of rotatable bonds is 14. The number of likely N-dealkylation sites (N-methyl/N-ethyl adjacent to an activating group) is 1. The molecule has 0 spiro atoms. The Morgan fingerprint density at radius 2 is 1.60 bits per heavy atom. The monoisotopic (exact) mass is 666 g/mol. The molecule has 0 saturated heterocycles. The standard InChI is InChI=1S/C33H33Cl3N6O3/c1-3-42(4-2)14-16-44-24-10-8-23(9-11-24)38-33-37-13-12-28(39-33)31-30(21-6-5-7-22(34)18-21)40-32(41-31)29-26(35)19-25(20-27(29)36)45-17-15-43/h5-13,18-20,43H,3-4,14-17H2,1-2H3,(H,40,41)(H,37,38,39). The van der Waals surface area contributed by atoms with E-state index < -0.39 is 0 Å². The molecule has 234 valence electrons. The number of hydrogen-bond acceptors (Lipinski definition) is 8. The zero-order valence-corrected chi connectivity index (χ0v) is 27.1. The van der Waals surface area contributed by atoms with Crippen LogP contribution in [0.2, 0.25) is 15.1 Å². The summed E-state index contributed by atoms with van der Waals surface area (Å²) in [6.45, 7) is 7.78. The van der Waals surface area contributed by atoms with Crippen molar-refractivity contribution in [3.8, 4) is 45.5 Å². The lowest BCUT2D eigenvalue weighted by Gasteiger charge is -2.18. The summed E-state index contributed by atoms with van der Waals surface area (Å²) in [5.74, 6) is 2.07. The Hall–Kier alpha value is -3.86. The molecule has 3 N–H and O–H groups in total. The van der Waals surface area contributed by atoms with E-state index in [1.807, 2.05) is 42.5 Å². The SMILES string of the molecule is CCN(CC)CCOc1ccc(Nc2nccc(-c3[nH]c(-c4c(Cl)cc(OCCO)cc4Cl)nc3-c3cccc(Cl)c3)n2)cc1. The van der Waals surface area contributed by atoms with Gasteiger partial charge < -0.3 is 29.8 Å².